The van der Waals surface area contributed by atoms with Crippen molar-refractivity contribution in [3.05, 3.63) is 47.7 Å². The number of ether oxygens (including phenoxy) is 1. The van der Waals surface area contributed by atoms with Crippen molar-refractivity contribution >= 4 is 6.29 Å². The summed E-state index contributed by atoms with van der Waals surface area (Å²) in [5, 5.41) is 0. The fourth-order valence-electron chi connectivity index (χ4n) is 1.75. The molecule has 0 aliphatic rings. The molecule has 3 nitrogen and oxygen atoms in total. The summed E-state index contributed by atoms with van der Waals surface area (Å²) in [6, 6.07) is 6.28. The van der Waals surface area contributed by atoms with E-state index < -0.39 is 11.7 Å². The molecule has 0 fully saturated rings. The lowest BCUT2D eigenvalue weighted by Gasteiger charge is -2.11. The predicted octanol–water partition coefficient (Wildman–Crippen LogP) is 3.59. The minimum Gasteiger partial charge on any atom is -0.496 e. The molecule has 1 aromatic heterocycles. The van der Waals surface area contributed by atoms with E-state index >= 15 is 0 Å². The van der Waals surface area contributed by atoms with E-state index in [9.17, 15) is 18.0 Å². The molecule has 0 spiro atoms. The average Bonchev–Trinajstić information content (AvgIpc) is 2.45. The highest BCUT2D eigenvalue weighted by atomic mass is 19.4. The van der Waals surface area contributed by atoms with Crippen LogP contribution >= 0.6 is 0 Å². The fraction of sp³-hybridized carbons (Fsp3) is 0.143. The van der Waals surface area contributed by atoms with Crippen molar-refractivity contribution in [1.82, 2.24) is 4.98 Å². The number of pyridine rings is 1. The third-order valence-corrected chi connectivity index (χ3v) is 2.72. The molecule has 0 saturated carbocycles. The van der Waals surface area contributed by atoms with Gasteiger partial charge in [-0.25, -0.2) is 0 Å². The summed E-state index contributed by atoms with van der Waals surface area (Å²) >= 11 is 0. The molecule has 0 amide bonds. The first-order valence-electron chi connectivity index (χ1n) is 5.62. The molecule has 20 heavy (non-hydrogen) atoms. The van der Waals surface area contributed by atoms with E-state index in [1.54, 1.807) is 0 Å². The Kier molecular flexibility index (Phi) is 3.74. The minimum atomic E-state index is -4.45. The Hall–Kier alpha value is -2.37. The Labute approximate surface area is 113 Å². The molecule has 1 heterocycles. The molecule has 1 aromatic carbocycles. The molecule has 2 rings (SSSR count). The number of alkyl halides is 3. The molecule has 0 aliphatic heterocycles. The van der Waals surface area contributed by atoms with Gasteiger partial charge in [0, 0.05) is 17.3 Å². The highest BCUT2D eigenvalue weighted by Crippen LogP contribution is 2.34. The van der Waals surface area contributed by atoms with E-state index in [2.05, 4.69) is 4.98 Å². The standard InChI is InChI=1S/C14H10F3NO2/c1-20-13-3-2-9(8-19)6-11(13)12-7-10(4-5-18-12)14(15,16)17/h2-8H,1H3. The number of benzene rings is 1. The van der Waals surface area contributed by atoms with Crippen LogP contribution in [-0.4, -0.2) is 18.4 Å². The Morgan fingerprint density at radius 3 is 2.55 bits per heavy atom. The van der Waals surface area contributed by atoms with Crippen LogP contribution < -0.4 is 4.74 Å². The lowest BCUT2D eigenvalue weighted by Crippen LogP contribution is -2.05. The highest BCUT2D eigenvalue weighted by Gasteiger charge is 2.31. The van der Waals surface area contributed by atoms with Gasteiger partial charge in [-0.15, -0.1) is 0 Å². The van der Waals surface area contributed by atoms with Gasteiger partial charge in [-0.05, 0) is 30.3 Å². The van der Waals surface area contributed by atoms with Crippen LogP contribution in [-0.2, 0) is 6.18 Å². The number of carbonyl (C=O) groups is 1. The van der Waals surface area contributed by atoms with Crippen LogP contribution in [0.4, 0.5) is 13.2 Å². The van der Waals surface area contributed by atoms with Crippen LogP contribution in [0.3, 0.4) is 0 Å². The van der Waals surface area contributed by atoms with Gasteiger partial charge < -0.3 is 4.74 Å². The van der Waals surface area contributed by atoms with Crippen molar-refractivity contribution in [3.63, 3.8) is 0 Å². The zero-order valence-electron chi connectivity index (χ0n) is 10.4. The highest BCUT2D eigenvalue weighted by molar-refractivity contribution is 5.80. The Bertz CT molecular complexity index is 639. The van der Waals surface area contributed by atoms with Gasteiger partial charge in [0.05, 0.1) is 18.4 Å². The van der Waals surface area contributed by atoms with Crippen molar-refractivity contribution in [2.75, 3.05) is 7.11 Å². The van der Waals surface area contributed by atoms with Gasteiger partial charge in [0.2, 0.25) is 0 Å². The van der Waals surface area contributed by atoms with Crippen molar-refractivity contribution in [2.24, 2.45) is 0 Å². The molecule has 0 radical (unpaired) electrons. The maximum absolute atomic E-state index is 12.7. The van der Waals surface area contributed by atoms with Gasteiger partial charge in [0.15, 0.2) is 0 Å². The summed E-state index contributed by atoms with van der Waals surface area (Å²) in [5.74, 6) is 0.349. The van der Waals surface area contributed by atoms with E-state index in [0.29, 0.717) is 23.2 Å². The summed E-state index contributed by atoms with van der Waals surface area (Å²) in [4.78, 5) is 14.7. The van der Waals surface area contributed by atoms with E-state index in [1.807, 2.05) is 0 Å². The van der Waals surface area contributed by atoms with E-state index in [1.165, 1.54) is 25.3 Å². The number of hydrogen-bond acceptors (Lipinski definition) is 3. The van der Waals surface area contributed by atoms with Gasteiger partial charge in [-0.3, -0.25) is 9.78 Å². The number of aromatic nitrogens is 1. The third kappa shape index (κ3) is 2.79. The van der Waals surface area contributed by atoms with Crippen molar-refractivity contribution < 1.29 is 22.7 Å². The second-order valence-corrected chi connectivity index (χ2v) is 4.01. The summed E-state index contributed by atoms with van der Waals surface area (Å²) in [6.07, 6.45) is -2.77. The summed E-state index contributed by atoms with van der Waals surface area (Å²) < 4.78 is 43.2. The van der Waals surface area contributed by atoms with E-state index in [-0.39, 0.29) is 5.69 Å². The first-order valence-corrected chi connectivity index (χ1v) is 5.62. The van der Waals surface area contributed by atoms with Gasteiger partial charge in [-0.1, -0.05) is 0 Å². The van der Waals surface area contributed by atoms with Gasteiger partial charge in [0.1, 0.15) is 12.0 Å². The molecule has 0 bridgehead atoms. The Morgan fingerprint density at radius 2 is 1.95 bits per heavy atom. The molecule has 2 aromatic rings. The molecule has 0 saturated heterocycles. The molecular weight excluding hydrogens is 271 g/mol. The quantitative estimate of drug-likeness (QED) is 0.807. The fourth-order valence-corrected chi connectivity index (χ4v) is 1.75. The van der Waals surface area contributed by atoms with Crippen LogP contribution in [0, 0.1) is 0 Å². The molecular formula is C14H10F3NO2. The zero-order chi connectivity index (χ0) is 14.8. The first-order chi connectivity index (χ1) is 9.45. The molecule has 0 aliphatic carbocycles. The summed E-state index contributed by atoms with van der Waals surface area (Å²) in [5.41, 5.74) is -0.0374. The zero-order valence-corrected chi connectivity index (χ0v) is 10.4. The van der Waals surface area contributed by atoms with E-state index in [4.69, 9.17) is 4.74 Å². The lowest BCUT2D eigenvalue weighted by molar-refractivity contribution is -0.137. The number of methoxy groups -OCH3 is 1. The maximum Gasteiger partial charge on any atom is 0.416 e. The Morgan fingerprint density at radius 1 is 1.20 bits per heavy atom. The number of aldehydes is 1. The minimum absolute atomic E-state index is 0.0976. The summed E-state index contributed by atoms with van der Waals surface area (Å²) in [7, 11) is 1.40. The van der Waals surface area contributed by atoms with Crippen LogP contribution in [0.5, 0.6) is 5.75 Å². The maximum atomic E-state index is 12.7. The van der Waals surface area contributed by atoms with Crippen molar-refractivity contribution in [1.29, 1.82) is 0 Å². The second kappa shape index (κ2) is 5.32. The van der Waals surface area contributed by atoms with E-state index in [0.717, 1.165) is 18.3 Å². The van der Waals surface area contributed by atoms with Gasteiger partial charge >= 0.3 is 6.18 Å². The van der Waals surface area contributed by atoms with Gasteiger partial charge in [-0.2, -0.15) is 13.2 Å². The predicted molar refractivity (Wildman–Crippen MR) is 66.6 cm³/mol. The smallest absolute Gasteiger partial charge is 0.416 e. The number of nitrogens with zero attached hydrogens (tertiary/aromatic N) is 1. The van der Waals surface area contributed by atoms with Gasteiger partial charge in [0.25, 0.3) is 0 Å². The third-order valence-electron chi connectivity index (χ3n) is 2.72. The molecule has 0 atom stereocenters. The average molecular weight is 281 g/mol. The number of rotatable bonds is 3. The van der Waals surface area contributed by atoms with Crippen LogP contribution in [0.25, 0.3) is 11.3 Å². The monoisotopic (exact) mass is 281 g/mol. The first kappa shape index (κ1) is 14.0. The lowest BCUT2D eigenvalue weighted by atomic mass is 10.0. The van der Waals surface area contributed by atoms with Crippen LogP contribution in [0.1, 0.15) is 15.9 Å². The molecule has 0 N–H and O–H groups in total. The molecule has 104 valence electrons. The van der Waals surface area contributed by atoms with Crippen molar-refractivity contribution in [2.45, 2.75) is 6.18 Å². The number of hydrogen-bond donors (Lipinski definition) is 0. The topological polar surface area (TPSA) is 39.2 Å². The van der Waals surface area contributed by atoms with Crippen LogP contribution in [0.15, 0.2) is 36.5 Å². The molecule has 6 heteroatoms. The number of halogens is 3. The SMILES string of the molecule is COc1ccc(C=O)cc1-c1cc(C(F)(F)F)ccn1. The normalized spacial score (nSPS) is 11.2. The Balaban J connectivity index is 2.58. The van der Waals surface area contributed by atoms with Crippen molar-refractivity contribution in [3.8, 4) is 17.0 Å². The summed E-state index contributed by atoms with van der Waals surface area (Å²) in [6.45, 7) is 0. The second-order valence-electron chi connectivity index (χ2n) is 4.01. The largest absolute Gasteiger partial charge is 0.496 e. The molecule has 0 unspecified atom stereocenters. The van der Waals surface area contributed by atoms with Crippen LogP contribution in [0.2, 0.25) is 0 Å². The number of carbonyl (C=O) groups excluding carboxylic acids is 1.